The summed E-state index contributed by atoms with van der Waals surface area (Å²) in [5.41, 5.74) is 13.8. The fraction of sp³-hybridized carbons (Fsp3) is 0.150. The Kier molecular flexibility index (Phi) is 10.7. The number of anilines is 6. The SMILES string of the molecule is Nc1cc(-n2c(C(F)F)nc3ccccc32)nc(Nc2ccc(C(F)(F)F)cc2)n1.Nc1cc(-n2c(C3CC3)nc3ccc(F)cc32)nc(Nc2ccc(OC(F)F)cc2)n1. The normalized spacial score (nSPS) is 12.8. The van der Waals surface area contributed by atoms with Crippen molar-refractivity contribution in [1.29, 1.82) is 0 Å². The van der Waals surface area contributed by atoms with E-state index in [0.717, 1.165) is 35.4 Å². The van der Waals surface area contributed by atoms with E-state index < -0.39 is 30.6 Å². The van der Waals surface area contributed by atoms with Gasteiger partial charge in [0.05, 0.1) is 27.6 Å². The standard InChI is InChI=1S/C21H17F3N6O.C19H13F5N6/c22-12-3-8-15-16(9-12)30(19(27-15)11-1-2-11)18-10-17(25)28-21(29-18)26-13-4-6-14(7-5-13)31-20(23)24;20-16(21)17-27-12-3-1-2-4-13(12)30(17)15-9-14(25)28-18(29-15)26-11-7-5-10(6-8-11)19(22,23)24/h3-11,20H,1-2H2,(H3,25,26,28,29);1-9,16H,(H3,25,26,28,29). The van der Waals surface area contributed by atoms with Crippen molar-refractivity contribution in [3.8, 4) is 17.4 Å². The maximum Gasteiger partial charge on any atom is 0.416 e. The lowest BCUT2D eigenvalue weighted by atomic mass is 10.2. The molecule has 0 saturated heterocycles. The fourth-order valence-electron chi connectivity index (χ4n) is 6.32. The number of aromatic nitrogens is 8. The van der Waals surface area contributed by atoms with E-state index in [-0.39, 0.29) is 52.5 Å². The van der Waals surface area contributed by atoms with Gasteiger partial charge in [0.15, 0.2) is 5.82 Å². The predicted molar refractivity (Wildman–Crippen MR) is 210 cm³/mol. The summed E-state index contributed by atoms with van der Waals surface area (Å²) in [6.45, 7) is -2.89. The number of rotatable bonds is 10. The molecule has 1 aliphatic carbocycles. The molecule has 21 heteroatoms. The van der Waals surface area contributed by atoms with Crippen molar-refractivity contribution >= 4 is 57.0 Å². The molecule has 0 amide bonds. The molecule has 312 valence electrons. The summed E-state index contributed by atoms with van der Waals surface area (Å²) >= 11 is 0. The van der Waals surface area contributed by atoms with Crippen molar-refractivity contribution in [1.82, 2.24) is 39.0 Å². The van der Waals surface area contributed by atoms with E-state index in [0.29, 0.717) is 33.6 Å². The van der Waals surface area contributed by atoms with Crippen LogP contribution < -0.4 is 26.8 Å². The van der Waals surface area contributed by atoms with Crippen LogP contribution in [0.25, 0.3) is 33.7 Å². The number of ether oxygens (including phenoxy) is 1. The van der Waals surface area contributed by atoms with Crippen LogP contribution in [-0.2, 0) is 6.18 Å². The highest BCUT2D eigenvalue weighted by atomic mass is 19.4. The molecule has 4 aromatic carbocycles. The van der Waals surface area contributed by atoms with Gasteiger partial charge in [-0.15, -0.1) is 0 Å². The average Bonchev–Trinajstić information content (AvgIpc) is 3.87. The number of hydrogen-bond acceptors (Lipinski definition) is 11. The molecule has 0 unspecified atom stereocenters. The van der Waals surface area contributed by atoms with Gasteiger partial charge >= 0.3 is 12.8 Å². The van der Waals surface area contributed by atoms with Gasteiger partial charge in [0, 0.05) is 35.5 Å². The zero-order valence-electron chi connectivity index (χ0n) is 31.1. The molecule has 0 atom stereocenters. The Morgan fingerprint density at radius 3 is 1.79 bits per heavy atom. The Bertz CT molecular complexity index is 2840. The summed E-state index contributed by atoms with van der Waals surface area (Å²) < 4.78 is 111. The van der Waals surface area contributed by atoms with Crippen LogP contribution in [0.4, 0.5) is 70.0 Å². The molecule has 0 radical (unpaired) electrons. The van der Waals surface area contributed by atoms with Crippen molar-refractivity contribution in [3.63, 3.8) is 0 Å². The maximum absolute atomic E-state index is 13.9. The molecule has 4 heterocycles. The molecular weight excluding hydrogens is 817 g/mol. The second kappa shape index (κ2) is 16.2. The van der Waals surface area contributed by atoms with Gasteiger partial charge in [-0.3, -0.25) is 9.13 Å². The number of nitrogen functional groups attached to an aromatic ring is 2. The fourth-order valence-corrected chi connectivity index (χ4v) is 6.32. The van der Waals surface area contributed by atoms with Gasteiger partial charge in [0.25, 0.3) is 6.43 Å². The summed E-state index contributed by atoms with van der Waals surface area (Å²) in [6.07, 6.45) is -5.33. The van der Waals surface area contributed by atoms with Crippen molar-refractivity contribution in [2.75, 3.05) is 22.1 Å². The molecule has 61 heavy (non-hydrogen) atoms. The molecule has 1 aliphatic rings. The number of alkyl halides is 7. The van der Waals surface area contributed by atoms with E-state index in [1.165, 1.54) is 42.5 Å². The van der Waals surface area contributed by atoms with Gasteiger partial charge in [0.2, 0.25) is 11.9 Å². The first-order chi connectivity index (χ1) is 29.2. The molecule has 1 saturated carbocycles. The monoisotopic (exact) mass is 846 g/mol. The number of halogens is 8. The van der Waals surface area contributed by atoms with Crippen LogP contribution >= 0.6 is 0 Å². The lowest BCUT2D eigenvalue weighted by molar-refractivity contribution is -0.137. The number of nitrogens with two attached hydrogens (primary N) is 2. The van der Waals surface area contributed by atoms with Crippen molar-refractivity contribution in [2.24, 2.45) is 0 Å². The molecular formula is C40H30F8N12O. The highest BCUT2D eigenvalue weighted by Gasteiger charge is 2.31. The third-order valence-corrected chi connectivity index (χ3v) is 9.09. The molecule has 0 aliphatic heterocycles. The Morgan fingerprint density at radius 1 is 0.639 bits per heavy atom. The molecule has 1 fully saturated rings. The van der Waals surface area contributed by atoms with Gasteiger partial charge in [-0.2, -0.15) is 41.9 Å². The highest BCUT2D eigenvalue weighted by molar-refractivity contribution is 5.79. The lowest BCUT2D eigenvalue weighted by Gasteiger charge is -2.12. The molecule has 4 aromatic heterocycles. The van der Waals surface area contributed by atoms with Crippen LogP contribution in [0, 0.1) is 5.82 Å². The van der Waals surface area contributed by atoms with Gasteiger partial charge in [-0.1, -0.05) is 12.1 Å². The van der Waals surface area contributed by atoms with E-state index in [2.05, 4.69) is 45.3 Å². The molecule has 0 spiro atoms. The highest BCUT2D eigenvalue weighted by Crippen LogP contribution is 2.42. The zero-order chi connectivity index (χ0) is 43.0. The number of benzene rings is 4. The quantitative estimate of drug-likeness (QED) is 0.0966. The van der Waals surface area contributed by atoms with E-state index in [1.807, 2.05) is 0 Å². The summed E-state index contributed by atoms with van der Waals surface area (Å²) in [4.78, 5) is 25.5. The van der Waals surface area contributed by atoms with Gasteiger partial charge in [0.1, 0.15) is 40.7 Å². The molecule has 6 N–H and O–H groups in total. The third-order valence-electron chi connectivity index (χ3n) is 9.09. The maximum atomic E-state index is 13.9. The van der Waals surface area contributed by atoms with Crippen LogP contribution in [-0.4, -0.2) is 45.6 Å². The Hall–Kier alpha value is -7.58. The Balaban J connectivity index is 0.000000169. The number of nitrogens with one attached hydrogen (secondary N) is 2. The molecule has 9 rings (SSSR count). The summed E-state index contributed by atoms with van der Waals surface area (Å²) in [5.74, 6) is 1.07. The van der Waals surface area contributed by atoms with E-state index >= 15 is 0 Å². The zero-order valence-corrected chi connectivity index (χ0v) is 31.1. The summed E-state index contributed by atoms with van der Waals surface area (Å²) in [5, 5.41) is 5.73. The van der Waals surface area contributed by atoms with Gasteiger partial charge < -0.3 is 26.8 Å². The average molecular weight is 847 g/mol. The van der Waals surface area contributed by atoms with Crippen LogP contribution in [0.1, 0.15) is 42.4 Å². The first-order valence-electron chi connectivity index (χ1n) is 18.2. The predicted octanol–water partition coefficient (Wildman–Crippen LogP) is 9.86. The second-order valence-corrected chi connectivity index (χ2v) is 13.5. The van der Waals surface area contributed by atoms with Crippen LogP contribution in [0.5, 0.6) is 5.75 Å². The second-order valence-electron chi connectivity index (χ2n) is 13.5. The number of nitrogens with zero attached hydrogens (tertiary/aromatic N) is 8. The van der Waals surface area contributed by atoms with Crippen molar-refractivity contribution in [2.45, 2.75) is 38.0 Å². The minimum atomic E-state index is -4.46. The van der Waals surface area contributed by atoms with Crippen molar-refractivity contribution in [3.05, 3.63) is 126 Å². The van der Waals surface area contributed by atoms with E-state index in [4.69, 9.17) is 11.5 Å². The van der Waals surface area contributed by atoms with E-state index in [1.54, 1.807) is 53.1 Å². The molecule has 8 aromatic rings. The minimum absolute atomic E-state index is 0.0209. The van der Waals surface area contributed by atoms with Gasteiger partial charge in [-0.05, 0) is 85.6 Å². The lowest BCUT2D eigenvalue weighted by Crippen LogP contribution is -2.09. The molecule has 13 nitrogen and oxygen atoms in total. The van der Waals surface area contributed by atoms with Crippen molar-refractivity contribution < 1.29 is 39.9 Å². The van der Waals surface area contributed by atoms with E-state index in [9.17, 15) is 35.1 Å². The minimum Gasteiger partial charge on any atom is -0.435 e. The topological polar surface area (TPSA) is 173 Å². The summed E-state index contributed by atoms with van der Waals surface area (Å²) in [6, 6.07) is 24.0. The van der Waals surface area contributed by atoms with Crippen LogP contribution in [0.3, 0.4) is 0 Å². The number of para-hydroxylation sites is 2. The largest absolute Gasteiger partial charge is 0.435 e. The number of imidazole rings is 2. The third kappa shape index (κ3) is 9.04. The first-order valence-corrected chi connectivity index (χ1v) is 18.2. The Morgan fingerprint density at radius 2 is 1.21 bits per heavy atom. The number of fused-ring (bicyclic) bond motifs is 2. The smallest absolute Gasteiger partial charge is 0.416 e. The first kappa shape index (κ1) is 40.2. The molecule has 0 bridgehead atoms. The van der Waals surface area contributed by atoms with Gasteiger partial charge in [-0.25, -0.2) is 23.1 Å². The Labute approximate surface area is 339 Å². The van der Waals surface area contributed by atoms with Crippen LogP contribution in [0.2, 0.25) is 0 Å². The van der Waals surface area contributed by atoms with Crippen LogP contribution in [0.15, 0.2) is 103 Å². The number of hydrogen-bond donors (Lipinski definition) is 4. The summed E-state index contributed by atoms with van der Waals surface area (Å²) in [7, 11) is 0.